The lowest BCUT2D eigenvalue weighted by molar-refractivity contribution is -0.136. The van der Waals surface area contributed by atoms with Crippen molar-refractivity contribution in [2.24, 2.45) is 0 Å². The van der Waals surface area contributed by atoms with Crippen LogP contribution in [-0.4, -0.2) is 30.7 Å². The number of rotatable bonds is 5. The summed E-state index contributed by atoms with van der Waals surface area (Å²) in [6.45, 7) is 3.68. The number of carbonyl (C=O) groups excluding carboxylic acids is 1. The van der Waals surface area contributed by atoms with Crippen LogP contribution in [0.3, 0.4) is 0 Å². The summed E-state index contributed by atoms with van der Waals surface area (Å²) in [6.07, 6.45) is 2.28. The molecule has 1 atom stereocenters. The van der Waals surface area contributed by atoms with Crippen LogP contribution in [0.25, 0.3) is 10.9 Å². The smallest absolute Gasteiger partial charge is 0.256 e. The van der Waals surface area contributed by atoms with Crippen molar-refractivity contribution in [2.75, 3.05) is 19.5 Å². The van der Waals surface area contributed by atoms with Gasteiger partial charge in [0.25, 0.3) is 5.91 Å². The molecule has 2 rings (SSSR count). The summed E-state index contributed by atoms with van der Waals surface area (Å²) in [4.78, 5) is 16.7. The third kappa shape index (κ3) is 2.83. The van der Waals surface area contributed by atoms with Gasteiger partial charge in [-0.25, -0.2) is 0 Å². The number of nitrogens with zero attached hydrogens (tertiary/aromatic N) is 1. The van der Waals surface area contributed by atoms with E-state index in [1.165, 1.54) is 7.11 Å². The van der Waals surface area contributed by atoms with Gasteiger partial charge in [-0.1, -0.05) is 6.92 Å². The maximum Gasteiger partial charge on any atom is 0.256 e. The number of amides is 1. The fraction of sp³-hybridized carbons (Fsp3) is 0.375. The average Bonchev–Trinajstić information content (AvgIpc) is 2.54. The van der Waals surface area contributed by atoms with E-state index in [2.05, 4.69) is 10.3 Å². The molecule has 0 radical (unpaired) electrons. The number of hydrogen-bond donors (Lipinski definition) is 1. The molecular formula is C16H20N2O3. The lowest BCUT2D eigenvalue weighted by Crippen LogP contribution is -2.41. The van der Waals surface area contributed by atoms with E-state index in [9.17, 15) is 4.79 Å². The molecule has 1 N–H and O–H groups in total. The number of ether oxygens (including phenoxy) is 2. The van der Waals surface area contributed by atoms with Gasteiger partial charge < -0.3 is 14.8 Å². The quantitative estimate of drug-likeness (QED) is 0.918. The lowest BCUT2D eigenvalue weighted by atomic mass is 10.0. The van der Waals surface area contributed by atoms with Gasteiger partial charge in [-0.3, -0.25) is 9.78 Å². The van der Waals surface area contributed by atoms with Crippen molar-refractivity contribution >= 4 is 22.5 Å². The second kappa shape index (κ2) is 6.10. The van der Waals surface area contributed by atoms with Gasteiger partial charge in [-0.15, -0.1) is 0 Å². The SMILES string of the molecule is CC[C@](C)(OC)C(=O)Nc1ccc(OC)c2ncccc12. The molecule has 2 aromatic rings. The summed E-state index contributed by atoms with van der Waals surface area (Å²) in [5.74, 6) is 0.497. The first-order chi connectivity index (χ1) is 10.1. The highest BCUT2D eigenvalue weighted by atomic mass is 16.5. The fourth-order valence-electron chi connectivity index (χ4n) is 2.07. The minimum absolute atomic E-state index is 0.178. The zero-order valence-electron chi connectivity index (χ0n) is 12.8. The average molecular weight is 288 g/mol. The molecule has 0 aliphatic carbocycles. The van der Waals surface area contributed by atoms with Gasteiger partial charge in [-0.05, 0) is 37.6 Å². The van der Waals surface area contributed by atoms with Crippen LogP contribution in [0.4, 0.5) is 5.69 Å². The standard InChI is InChI=1S/C16H20N2O3/c1-5-16(2,21-4)15(19)18-12-8-9-13(20-3)14-11(12)7-6-10-17-14/h6-10H,5H2,1-4H3,(H,18,19)/t16-/m0/s1. The predicted molar refractivity (Wildman–Crippen MR) is 82.6 cm³/mol. The normalized spacial score (nSPS) is 13.7. The Hall–Kier alpha value is -2.14. The Morgan fingerprint density at radius 2 is 2.10 bits per heavy atom. The van der Waals surface area contributed by atoms with Gasteiger partial charge >= 0.3 is 0 Å². The van der Waals surface area contributed by atoms with E-state index in [1.807, 2.05) is 25.1 Å². The Morgan fingerprint density at radius 1 is 1.33 bits per heavy atom. The molecule has 1 amide bonds. The number of methoxy groups -OCH3 is 2. The molecule has 21 heavy (non-hydrogen) atoms. The maximum atomic E-state index is 12.4. The van der Waals surface area contributed by atoms with E-state index in [4.69, 9.17) is 9.47 Å². The van der Waals surface area contributed by atoms with Crippen LogP contribution < -0.4 is 10.1 Å². The second-order valence-electron chi connectivity index (χ2n) is 4.96. The summed E-state index contributed by atoms with van der Waals surface area (Å²) in [5.41, 5.74) is 0.558. The van der Waals surface area contributed by atoms with E-state index < -0.39 is 5.60 Å². The third-order valence-corrected chi connectivity index (χ3v) is 3.81. The Kier molecular flexibility index (Phi) is 4.43. The largest absolute Gasteiger partial charge is 0.494 e. The summed E-state index contributed by atoms with van der Waals surface area (Å²) >= 11 is 0. The molecule has 1 aromatic heterocycles. The van der Waals surface area contributed by atoms with Crippen LogP contribution in [-0.2, 0) is 9.53 Å². The van der Waals surface area contributed by atoms with Crippen molar-refractivity contribution < 1.29 is 14.3 Å². The van der Waals surface area contributed by atoms with E-state index in [1.54, 1.807) is 26.3 Å². The molecule has 0 unspecified atom stereocenters. The third-order valence-electron chi connectivity index (χ3n) is 3.81. The molecule has 0 aliphatic heterocycles. The zero-order valence-corrected chi connectivity index (χ0v) is 12.8. The first kappa shape index (κ1) is 15.3. The van der Waals surface area contributed by atoms with Crippen LogP contribution in [0.15, 0.2) is 30.5 Å². The molecule has 5 nitrogen and oxygen atoms in total. The number of carbonyl (C=O) groups is 1. The van der Waals surface area contributed by atoms with Crippen molar-refractivity contribution in [2.45, 2.75) is 25.9 Å². The highest BCUT2D eigenvalue weighted by Gasteiger charge is 2.31. The number of nitrogens with one attached hydrogen (secondary N) is 1. The summed E-state index contributed by atoms with van der Waals surface area (Å²) < 4.78 is 10.6. The van der Waals surface area contributed by atoms with E-state index >= 15 is 0 Å². The van der Waals surface area contributed by atoms with E-state index in [0.29, 0.717) is 23.4 Å². The van der Waals surface area contributed by atoms with Crippen LogP contribution in [0, 0.1) is 0 Å². The predicted octanol–water partition coefficient (Wildman–Crippen LogP) is 3.00. The number of hydrogen-bond acceptors (Lipinski definition) is 4. The van der Waals surface area contributed by atoms with Crippen molar-refractivity contribution in [1.29, 1.82) is 0 Å². The molecule has 0 spiro atoms. The lowest BCUT2D eigenvalue weighted by Gasteiger charge is -2.25. The maximum absolute atomic E-state index is 12.4. The van der Waals surface area contributed by atoms with E-state index in [-0.39, 0.29) is 5.91 Å². The number of benzene rings is 1. The Balaban J connectivity index is 2.42. The highest BCUT2D eigenvalue weighted by Crippen LogP contribution is 2.30. The monoisotopic (exact) mass is 288 g/mol. The van der Waals surface area contributed by atoms with Crippen molar-refractivity contribution in [1.82, 2.24) is 4.98 Å². The van der Waals surface area contributed by atoms with Crippen LogP contribution in [0.1, 0.15) is 20.3 Å². The van der Waals surface area contributed by atoms with Crippen molar-refractivity contribution in [3.8, 4) is 5.75 Å². The Bertz CT molecular complexity index is 651. The Morgan fingerprint density at radius 3 is 2.71 bits per heavy atom. The zero-order chi connectivity index (χ0) is 15.5. The van der Waals surface area contributed by atoms with Crippen LogP contribution in [0.2, 0.25) is 0 Å². The summed E-state index contributed by atoms with van der Waals surface area (Å²) in [5, 5.41) is 3.75. The molecule has 5 heteroatoms. The van der Waals surface area contributed by atoms with Crippen molar-refractivity contribution in [3.05, 3.63) is 30.5 Å². The molecule has 0 fully saturated rings. The first-order valence-corrected chi connectivity index (χ1v) is 6.84. The van der Waals surface area contributed by atoms with Gasteiger partial charge in [0.05, 0.1) is 12.8 Å². The van der Waals surface area contributed by atoms with Gasteiger partial charge in [-0.2, -0.15) is 0 Å². The molecule has 0 saturated heterocycles. The first-order valence-electron chi connectivity index (χ1n) is 6.84. The second-order valence-corrected chi connectivity index (χ2v) is 4.96. The molecule has 0 saturated carbocycles. The van der Waals surface area contributed by atoms with Gasteiger partial charge in [0, 0.05) is 18.7 Å². The molecule has 1 heterocycles. The molecular weight excluding hydrogens is 268 g/mol. The van der Waals surface area contributed by atoms with Gasteiger partial charge in [0.15, 0.2) is 0 Å². The highest BCUT2D eigenvalue weighted by molar-refractivity contribution is 6.05. The van der Waals surface area contributed by atoms with Crippen LogP contribution in [0.5, 0.6) is 5.75 Å². The number of anilines is 1. The topological polar surface area (TPSA) is 60.5 Å². The minimum Gasteiger partial charge on any atom is -0.494 e. The summed E-state index contributed by atoms with van der Waals surface area (Å²) in [6, 6.07) is 7.33. The summed E-state index contributed by atoms with van der Waals surface area (Å²) in [7, 11) is 3.14. The van der Waals surface area contributed by atoms with Gasteiger partial charge in [0.2, 0.25) is 0 Å². The molecule has 1 aromatic carbocycles. The van der Waals surface area contributed by atoms with E-state index in [0.717, 1.165) is 5.39 Å². The molecule has 112 valence electrons. The van der Waals surface area contributed by atoms with Crippen LogP contribution >= 0.6 is 0 Å². The van der Waals surface area contributed by atoms with Gasteiger partial charge in [0.1, 0.15) is 16.9 Å². The number of pyridine rings is 1. The fourth-order valence-corrected chi connectivity index (χ4v) is 2.07. The van der Waals surface area contributed by atoms with Crippen molar-refractivity contribution in [3.63, 3.8) is 0 Å². The number of aromatic nitrogens is 1. The molecule has 0 bridgehead atoms. The molecule has 0 aliphatic rings. The Labute approximate surface area is 124 Å². The number of fused-ring (bicyclic) bond motifs is 1. The minimum atomic E-state index is -0.853.